The van der Waals surface area contributed by atoms with Gasteiger partial charge in [-0.15, -0.1) is 11.3 Å². The normalized spacial score (nSPS) is 17.9. The first-order valence-electron chi connectivity index (χ1n) is 6.51. The Morgan fingerprint density at radius 2 is 2.21 bits per heavy atom. The number of alkyl halides is 3. The first-order valence-corrected chi connectivity index (χ1v) is 7.39. The van der Waals surface area contributed by atoms with E-state index in [1.165, 1.54) is 4.88 Å². The summed E-state index contributed by atoms with van der Waals surface area (Å²) in [5, 5.41) is 4.54. The van der Waals surface area contributed by atoms with Crippen molar-refractivity contribution >= 4 is 11.3 Å². The van der Waals surface area contributed by atoms with Gasteiger partial charge in [-0.2, -0.15) is 13.2 Å². The molecule has 6 heteroatoms. The van der Waals surface area contributed by atoms with Crippen molar-refractivity contribution in [1.82, 2.24) is 10.2 Å². The molecule has 108 valence electrons. The van der Waals surface area contributed by atoms with Gasteiger partial charge in [-0.05, 0) is 31.2 Å². The number of rotatable bonds is 7. The second-order valence-electron chi connectivity index (χ2n) is 5.08. The molecular formula is C13H19F3N2S. The van der Waals surface area contributed by atoms with Crippen LogP contribution in [-0.4, -0.2) is 36.2 Å². The molecule has 0 aromatic carbocycles. The minimum atomic E-state index is -4.13. The molecule has 0 spiro atoms. The lowest BCUT2D eigenvalue weighted by Crippen LogP contribution is -2.43. The van der Waals surface area contributed by atoms with Crippen LogP contribution in [0.1, 0.15) is 24.6 Å². The van der Waals surface area contributed by atoms with Crippen molar-refractivity contribution in [3.05, 3.63) is 22.4 Å². The van der Waals surface area contributed by atoms with E-state index in [0.29, 0.717) is 12.6 Å². The summed E-state index contributed by atoms with van der Waals surface area (Å²) < 4.78 is 36.3. The summed E-state index contributed by atoms with van der Waals surface area (Å²) >= 11 is 1.70. The van der Waals surface area contributed by atoms with E-state index in [0.717, 1.165) is 19.4 Å². The molecule has 2 rings (SSSR count). The van der Waals surface area contributed by atoms with Crippen LogP contribution in [-0.2, 0) is 6.54 Å². The molecule has 0 radical (unpaired) electrons. The Hall–Kier alpha value is -0.590. The van der Waals surface area contributed by atoms with Crippen LogP contribution >= 0.6 is 11.3 Å². The fourth-order valence-corrected chi connectivity index (χ4v) is 2.89. The third kappa shape index (κ3) is 5.12. The molecule has 1 fully saturated rings. The van der Waals surface area contributed by atoms with Gasteiger partial charge < -0.3 is 5.32 Å². The highest BCUT2D eigenvalue weighted by Crippen LogP contribution is 2.30. The fraction of sp³-hybridized carbons (Fsp3) is 0.692. The first kappa shape index (κ1) is 14.8. The molecule has 2 nitrogen and oxygen atoms in total. The summed E-state index contributed by atoms with van der Waals surface area (Å²) in [6, 6.07) is 4.76. The SMILES string of the molecule is CC(CNCC(F)(F)F)N(Cc1cccs1)C1CC1. The van der Waals surface area contributed by atoms with E-state index in [-0.39, 0.29) is 6.04 Å². The number of hydrogen-bond acceptors (Lipinski definition) is 3. The molecule has 1 aliphatic rings. The van der Waals surface area contributed by atoms with Crippen LogP contribution in [0.25, 0.3) is 0 Å². The van der Waals surface area contributed by atoms with Crippen LogP contribution in [0.4, 0.5) is 13.2 Å². The molecule has 1 saturated carbocycles. The van der Waals surface area contributed by atoms with Crippen LogP contribution in [0.3, 0.4) is 0 Å². The summed E-state index contributed by atoms with van der Waals surface area (Å²) in [5.41, 5.74) is 0. The minimum absolute atomic E-state index is 0.122. The Bertz CT molecular complexity index is 374. The first-order chi connectivity index (χ1) is 8.96. The van der Waals surface area contributed by atoms with Gasteiger partial charge in [-0.1, -0.05) is 6.07 Å². The van der Waals surface area contributed by atoms with E-state index < -0.39 is 12.7 Å². The molecular weight excluding hydrogens is 273 g/mol. The highest BCUT2D eigenvalue weighted by Gasteiger charge is 2.33. The van der Waals surface area contributed by atoms with Gasteiger partial charge in [0.1, 0.15) is 0 Å². The van der Waals surface area contributed by atoms with E-state index in [1.54, 1.807) is 11.3 Å². The Kier molecular flexibility index (Phi) is 4.86. The van der Waals surface area contributed by atoms with Crippen LogP contribution in [0.2, 0.25) is 0 Å². The van der Waals surface area contributed by atoms with Crippen molar-refractivity contribution in [3.8, 4) is 0 Å². The van der Waals surface area contributed by atoms with Gasteiger partial charge in [0.25, 0.3) is 0 Å². The average molecular weight is 292 g/mol. The van der Waals surface area contributed by atoms with Crippen LogP contribution < -0.4 is 5.32 Å². The van der Waals surface area contributed by atoms with Gasteiger partial charge in [0.2, 0.25) is 0 Å². The zero-order valence-corrected chi connectivity index (χ0v) is 11.7. The monoisotopic (exact) mass is 292 g/mol. The molecule has 19 heavy (non-hydrogen) atoms. The quantitative estimate of drug-likeness (QED) is 0.830. The summed E-state index contributed by atoms with van der Waals surface area (Å²) in [6.07, 6.45) is -1.80. The Labute approximate surface area is 115 Å². The highest BCUT2D eigenvalue weighted by atomic mass is 32.1. The van der Waals surface area contributed by atoms with Crippen molar-refractivity contribution in [2.24, 2.45) is 0 Å². The molecule has 1 atom stereocenters. The summed E-state index contributed by atoms with van der Waals surface area (Å²) in [5.74, 6) is 0. The standard InChI is InChI=1S/C13H19F3N2S/c1-10(7-17-9-13(14,15)16)18(11-4-5-11)8-12-3-2-6-19-12/h2-3,6,10-11,17H,4-5,7-9H2,1H3. The number of halogens is 3. The van der Waals surface area contributed by atoms with Crippen molar-refractivity contribution < 1.29 is 13.2 Å². The molecule has 0 bridgehead atoms. The zero-order chi connectivity index (χ0) is 13.9. The van der Waals surface area contributed by atoms with E-state index in [4.69, 9.17) is 0 Å². The van der Waals surface area contributed by atoms with Gasteiger partial charge in [0, 0.05) is 30.1 Å². The second-order valence-corrected chi connectivity index (χ2v) is 6.11. The Morgan fingerprint density at radius 1 is 1.47 bits per heavy atom. The summed E-state index contributed by atoms with van der Waals surface area (Å²) in [7, 11) is 0. The molecule has 1 aromatic rings. The summed E-state index contributed by atoms with van der Waals surface area (Å²) in [4.78, 5) is 3.59. The number of thiophene rings is 1. The third-order valence-electron chi connectivity index (χ3n) is 3.27. The maximum absolute atomic E-state index is 12.1. The minimum Gasteiger partial charge on any atom is -0.307 e. The molecule has 1 heterocycles. The topological polar surface area (TPSA) is 15.3 Å². The molecule has 0 saturated heterocycles. The predicted molar refractivity (Wildman–Crippen MR) is 71.3 cm³/mol. The van der Waals surface area contributed by atoms with Crippen molar-refractivity contribution in [2.75, 3.05) is 13.1 Å². The van der Waals surface area contributed by atoms with Gasteiger partial charge in [0.05, 0.1) is 6.54 Å². The lowest BCUT2D eigenvalue weighted by Gasteiger charge is -2.29. The van der Waals surface area contributed by atoms with Gasteiger partial charge in [-0.25, -0.2) is 0 Å². The highest BCUT2D eigenvalue weighted by molar-refractivity contribution is 7.09. The maximum Gasteiger partial charge on any atom is 0.401 e. The van der Waals surface area contributed by atoms with E-state index in [9.17, 15) is 13.2 Å². The zero-order valence-electron chi connectivity index (χ0n) is 10.9. The van der Waals surface area contributed by atoms with Crippen LogP contribution in [0, 0.1) is 0 Å². The molecule has 0 aliphatic heterocycles. The number of hydrogen-bond donors (Lipinski definition) is 1. The molecule has 1 unspecified atom stereocenters. The lowest BCUT2D eigenvalue weighted by molar-refractivity contribution is -0.125. The van der Waals surface area contributed by atoms with E-state index in [1.807, 2.05) is 18.4 Å². The van der Waals surface area contributed by atoms with Gasteiger partial charge in [0.15, 0.2) is 0 Å². The fourth-order valence-electron chi connectivity index (χ4n) is 2.17. The van der Waals surface area contributed by atoms with Gasteiger partial charge >= 0.3 is 6.18 Å². The second kappa shape index (κ2) is 6.24. The third-order valence-corrected chi connectivity index (χ3v) is 4.13. The summed E-state index contributed by atoms with van der Waals surface area (Å²) in [6.45, 7) is 2.31. The Morgan fingerprint density at radius 3 is 2.74 bits per heavy atom. The maximum atomic E-state index is 12.1. The molecule has 1 aromatic heterocycles. The lowest BCUT2D eigenvalue weighted by atomic mass is 10.2. The number of nitrogens with zero attached hydrogens (tertiary/aromatic N) is 1. The van der Waals surface area contributed by atoms with E-state index >= 15 is 0 Å². The van der Waals surface area contributed by atoms with Crippen LogP contribution in [0.15, 0.2) is 17.5 Å². The molecule has 1 N–H and O–H groups in total. The van der Waals surface area contributed by atoms with Crippen LogP contribution in [0.5, 0.6) is 0 Å². The van der Waals surface area contributed by atoms with Gasteiger partial charge in [-0.3, -0.25) is 4.90 Å². The molecule has 0 amide bonds. The molecule has 1 aliphatic carbocycles. The average Bonchev–Trinajstić information content (AvgIpc) is 3.01. The van der Waals surface area contributed by atoms with Crippen molar-refractivity contribution in [1.29, 1.82) is 0 Å². The smallest absolute Gasteiger partial charge is 0.307 e. The van der Waals surface area contributed by atoms with Crippen molar-refractivity contribution in [3.63, 3.8) is 0 Å². The predicted octanol–water partition coefficient (Wildman–Crippen LogP) is 3.25. The van der Waals surface area contributed by atoms with E-state index in [2.05, 4.69) is 16.3 Å². The number of nitrogens with one attached hydrogen (secondary N) is 1. The Balaban J connectivity index is 1.81. The van der Waals surface area contributed by atoms with Crippen molar-refractivity contribution in [2.45, 2.75) is 44.6 Å². The largest absolute Gasteiger partial charge is 0.401 e.